The Morgan fingerprint density at radius 3 is 2.32 bits per heavy atom. The van der Waals surface area contributed by atoms with E-state index < -0.39 is 0 Å². The second-order valence-corrected chi connectivity index (χ2v) is 8.98. The van der Waals surface area contributed by atoms with Gasteiger partial charge in [-0.05, 0) is 87.2 Å². The van der Waals surface area contributed by atoms with Gasteiger partial charge in [0.05, 0.1) is 5.56 Å². The summed E-state index contributed by atoms with van der Waals surface area (Å²) in [6.07, 6.45) is 10.2. The van der Waals surface area contributed by atoms with Gasteiger partial charge in [-0.2, -0.15) is 0 Å². The average molecular weight is 341 g/mol. The summed E-state index contributed by atoms with van der Waals surface area (Å²) < 4.78 is 5.37. The van der Waals surface area contributed by atoms with Crippen LogP contribution in [0.25, 0.3) is 0 Å². The van der Waals surface area contributed by atoms with Gasteiger partial charge in [-0.3, -0.25) is 0 Å². The molecule has 25 heavy (non-hydrogen) atoms. The summed E-state index contributed by atoms with van der Waals surface area (Å²) >= 11 is 0. The third kappa shape index (κ3) is 3.92. The molecule has 4 saturated carbocycles. The van der Waals surface area contributed by atoms with Gasteiger partial charge in [-0.15, -0.1) is 0 Å². The van der Waals surface area contributed by atoms with Gasteiger partial charge in [-0.1, -0.05) is 18.2 Å². The third-order valence-corrected chi connectivity index (χ3v) is 6.74. The van der Waals surface area contributed by atoms with Gasteiger partial charge in [0.15, 0.2) is 0 Å². The summed E-state index contributed by atoms with van der Waals surface area (Å²) in [5.41, 5.74) is 1.24. The first-order valence-corrected chi connectivity index (χ1v) is 10.1. The second-order valence-electron chi connectivity index (χ2n) is 8.98. The molecule has 3 nitrogen and oxygen atoms in total. The van der Waals surface area contributed by atoms with E-state index in [-0.39, 0.29) is 5.97 Å². The summed E-state index contributed by atoms with van der Waals surface area (Å²) in [5, 5.41) is 3.59. The lowest BCUT2D eigenvalue weighted by atomic mass is 9.48. The minimum Gasteiger partial charge on any atom is -0.461 e. The van der Waals surface area contributed by atoms with Gasteiger partial charge >= 0.3 is 5.97 Å². The molecule has 3 heteroatoms. The molecule has 4 fully saturated rings. The molecule has 1 aromatic rings. The molecule has 1 unspecified atom stereocenters. The molecule has 1 atom stereocenters. The Morgan fingerprint density at radius 2 is 1.72 bits per heavy atom. The van der Waals surface area contributed by atoms with Crippen LogP contribution in [0.1, 0.15) is 62.2 Å². The molecule has 136 valence electrons. The van der Waals surface area contributed by atoms with E-state index >= 15 is 0 Å². The van der Waals surface area contributed by atoms with Crippen LogP contribution in [0.2, 0.25) is 0 Å². The number of carbonyl (C=O) groups is 1. The molecule has 0 amide bonds. The van der Waals surface area contributed by atoms with Crippen molar-refractivity contribution in [1.82, 2.24) is 5.32 Å². The first kappa shape index (κ1) is 17.1. The van der Waals surface area contributed by atoms with Crippen LogP contribution in [0, 0.1) is 23.2 Å². The molecule has 0 heterocycles. The molecule has 0 radical (unpaired) electrons. The first-order chi connectivity index (χ1) is 12.1. The van der Waals surface area contributed by atoms with E-state index in [1.807, 2.05) is 18.2 Å². The highest BCUT2D eigenvalue weighted by Crippen LogP contribution is 2.61. The lowest BCUT2D eigenvalue weighted by molar-refractivity contribution is -0.0613. The van der Waals surface area contributed by atoms with Crippen LogP contribution in [0.4, 0.5) is 0 Å². The van der Waals surface area contributed by atoms with Gasteiger partial charge in [0.25, 0.3) is 0 Å². The number of hydrogen-bond acceptors (Lipinski definition) is 3. The fourth-order valence-electron chi connectivity index (χ4n) is 6.37. The van der Waals surface area contributed by atoms with Crippen LogP contribution < -0.4 is 5.32 Å². The van der Waals surface area contributed by atoms with Crippen molar-refractivity contribution < 1.29 is 9.53 Å². The van der Waals surface area contributed by atoms with Gasteiger partial charge in [0, 0.05) is 12.6 Å². The van der Waals surface area contributed by atoms with E-state index in [9.17, 15) is 4.79 Å². The zero-order chi connectivity index (χ0) is 17.3. The molecular weight excluding hydrogens is 310 g/mol. The summed E-state index contributed by atoms with van der Waals surface area (Å²) in [7, 11) is 0. The first-order valence-electron chi connectivity index (χ1n) is 10.1. The lowest BCUT2D eigenvalue weighted by Gasteiger charge is -2.57. The monoisotopic (exact) mass is 341 g/mol. The van der Waals surface area contributed by atoms with Crippen LogP contribution in [0.5, 0.6) is 0 Å². The number of rotatable bonds is 7. The number of ether oxygens (including phenoxy) is 1. The van der Waals surface area contributed by atoms with Gasteiger partial charge in [-0.25, -0.2) is 4.79 Å². The Bertz CT molecular complexity index is 562. The SMILES string of the molecule is CC(CC12CC3CC(CC(C3)C1)C2)NCCOC(=O)c1ccccc1. The molecule has 4 bridgehead atoms. The Morgan fingerprint density at radius 1 is 1.12 bits per heavy atom. The lowest BCUT2D eigenvalue weighted by Crippen LogP contribution is -2.48. The zero-order valence-corrected chi connectivity index (χ0v) is 15.4. The maximum absolute atomic E-state index is 11.9. The van der Waals surface area contributed by atoms with Crippen LogP contribution in [-0.2, 0) is 4.74 Å². The number of esters is 1. The van der Waals surface area contributed by atoms with E-state index in [0.29, 0.717) is 23.6 Å². The minimum atomic E-state index is -0.226. The maximum Gasteiger partial charge on any atom is 0.338 e. The Balaban J connectivity index is 1.20. The molecule has 0 saturated heterocycles. The summed E-state index contributed by atoms with van der Waals surface area (Å²) in [4.78, 5) is 11.9. The van der Waals surface area contributed by atoms with Crippen LogP contribution >= 0.6 is 0 Å². The van der Waals surface area contributed by atoms with E-state index in [1.54, 1.807) is 12.1 Å². The summed E-state index contributed by atoms with van der Waals surface area (Å²) in [6.45, 7) is 3.49. The fraction of sp³-hybridized carbons (Fsp3) is 0.682. The van der Waals surface area contributed by atoms with Crippen molar-refractivity contribution in [2.75, 3.05) is 13.2 Å². The normalized spacial score (nSPS) is 34.0. The predicted molar refractivity (Wildman–Crippen MR) is 99.4 cm³/mol. The van der Waals surface area contributed by atoms with Crippen molar-refractivity contribution in [3.63, 3.8) is 0 Å². The molecule has 0 aromatic heterocycles. The highest BCUT2D eigenvalue weighted by Gasteiger charge is 2.50. The average Bonchev–Trinajstić information content (AvgIpc) is 2.57. The summed E-state index contributed by atoms with van der Waals surface area (Å²) in [5.74, 6) is 2.83. The molecule has 5 rings (SSSR count). The molecule has 1 N–H and O–H groups in total. The zero-order valence-electron chi connectivity index (χ0n) is 15.4. The van der Waals surface area contributed by atoms with E-state index in [4.69, 9.17) is 4.74 Å². The van der Waals surface area contributed by atoms with Crippen molar-refractivity contribution >= 4 is 5.97 Å². The number of nitrogens with one attached hydrogen (secondary N) is 1. The highest BCUT2D eigenvalue weighted by atomic mass is 16.5. The molecular formula is C22H31NO2. The Labute approximate surface area is 151 Å². The van der Waals surface area contributed by atoms with Gasteiger partial charge in [0.2, 0.25) is 0 Å². The fourth-order valence-corrected chi connectivity index (χ4v) is 6.37. The molecule has 0 spiro atoms. The number of benzene rings is 1. The topological polar surface area (TPSA) is 38.3 Å². The van der Waals surface area contributed by atoms with E-state index in [1.165, 1.54) is 44.9 Å². The van der Waals surface area contributed by atoms with Crippen LogP contribution in [0.15, 0.2) is 30.3 Å². The van der Waals surface area contributed by atoms with Crippen LogP contribution in [0.3, 0.4) is 0 Å². The van der Waals surface area contributed by atoms with Crippen molar-refractivity contribution in [2.24, 2.45) is 23.2 Å². The maximum atomic E-state index is 11.9. The van der Waals surface area contributed by atoms with Crippen LogP contribution in [-0.4, -0.2) is 25.2 Å². The third-order valence-electron chi connectivity index (χ3n) is 6.74. The quantitative estimate of drug-likeness (QED) is 0.589. The van der Waals surface area contributed by atoms with Crippen molar-refractivity contribution in [2.45, 2.75) is 57.9 Å². The predicted octanol–water partition coefficient (Wildman–Crippen LogP) is 4.43. The van der Waals surface area contributed by atoms with Gasteiger partial charge in [0.1, 0.15) is 6.61 Å². The van der Waals surface area contributed by atoms with Crippen molar-refractivity contribution in [3.8, 4) is 0 Å². The number of carbonyl (C=O) groups excluding carboxylic acids is 1. The Hall–Kier alpha value is -1.35. The highest BCUT2D eigenvalue weighted by molar-refractivity contribution is 5.89. The largest absolute Gasteiger partial charge is 0.461 e. The molecule has 4 aliphatic carbocycles. The van der Waals surface area contributed by atoms with Crippen molar-refractivity contribution in [1.29, 1.82) is 0 Å². The minimum absolute atomic E-state index is 0.226. The van der Waals surface area contributed by atoms with E-state index in [2.05, 4.69) is 12.2 Å². The Kier molecular flexibility index (Phi) is 4.86. The smallest absolute Gasteiger partial charge is 0.338 e. The molecule has 1 aromatic carbocycles. The molecule has 0 aliphatic heterocycles. The second kappa shape index (κ2) is 7.11. The van der Waals surface area contributed by atoms with Crippen molar-refractivity contribution in [3.05, 3.63) is 35.9 Å². The summed E-state index contributed by atoms with van der Waals surface area (Å²) in [6, 6.07) is 9.73. The van der Waals surface area contributed by atoms with Gasteiger partial charge < -0.3 is 10.1 Å². The van der Waals surface area contributed by atoms with E-state index in [0.717, 1.165) is 24.3 Å². The standard InChI is InChI=1S/C22H31NO2/c1-16(23-7-8-25-21(24)20-5-3-2-4-6-20)12-22-13-17-9-18(14-22)11-19(10-17)15-22/h2-6,16-19,23H,7-15H2,1H3. The number of hydrogen-bond donors (Lipinski definition) is 1. The molecule has 4 aliphatic rings.